The van der Waals surface area contributed by atoms with Crippen LogP contribution in [0.2, 0.25) is 0 Å². The molecule has 0 saturated heterocycles. The largest absolute Gasteiger partial charge is 0.477 e. The highest BCUT2D eigenvalue weighted by molar-refractivity contribution is 5.71. The second-order valence-electron chi connectivity index (χ2n) is 30.1. The summed E-state index contributed by atoms with van der Waals surface area (Å²) in [6.45, 7) is 4.81. The highest BCUT2D eigenvalue weighted by Crippen LogP contribution is 2.20. The Hall–Kier alpha value is -4.05. The third-order valence-electron chi connectivity index (χ3n) is 19.0. The van der Waals surface area contributed by atoms with Gasteiger partial charge in [0.25, 0.3) is 6.29 Å². The van der Waals surface area contributed by atoms with Crippen LogP contribution in [-0.4, -0.2) is 87.4 Å². The Labute approximate surface area is 625 Å². The second-order valence-corrected chi connectivity index (χ2v) is 30.1. The van der Waals surface area contributed by atoms with Gasteiger partial charge in [-0.15, -0.1) is 0 Å². The highest BCUT2D eigenvalue weighted by Gasteiger charge is 2.25. The van der Waals surface area contributed by atoms with Crippen LogP contribution >= 0.6 is 0 Å². The molecule has 0 spiro atoms. The number of ether oxygens (including phenoxy) is 4. The van der Waals surface area contributed by atoms with E-state index in [-0.39, 0.29) is 32.2 Å². The number of esters is 2. The third kappa shape index (κ3) is 83.1. The van der Waals surface area contributed by atoms with Crippen LogP contribution in [0.25, 0.3) is 0 Å². The van der Waals surface area contributed by atoms with Gasteiger partial charge in [0.2, 0.25) is 0 Å². The maximum Gasteiger partial charge on any atom is 0.361 e. The molecule has 0 fully saturated rings. The number of quaternary nitrogens is 1. The Morgan fingerprint density at radius 3 is 0.842 bits per heavy atom. The van der Waals surface area contributed by atoms with Gasteiger partial charge >= 0.3 is 17.9 Å². The zero-order valence-electron chi connectivity index (χ0n) is 67.1. The van der Waals surface area contributed by atoms with Crippen LogP contribution in [0.4, 0.5) is 0 Å². The predicted molar refractivity (Wildman–Crippen MR) is 438 cm³/mol. The fraction of sp³-hybridized carbons (Fsp3) is 0.772. The molecule has 0 bridgehead atoms. The van der Waals surface area contributed by atoms with Gasteiger partial charge in [-0.1, -0.05) is 412 Å². The second kappa shape index (κ2) is 81.6. The Kier molecular flexibility index (Phi) is 78.3. The molecule has 1 N–H and O–H groups in total. The van der Waals surface area contributed by atoms with Crippen LogP contribution in [-0.2, 0) is 33.3 Å². The monoisotopic (exact) mass is 1410 g/mol. The molecule has 0 saturated carbocycles. The number of hydrogen-bond donors (Lipinski definition) is 1. The minimum atomic E-state index is -1.52. The van der Waals surface area contributed by atoms with Crippen molar-refractivity contribution in [1.82, 2.24) is 0 Å². The van der Waals surface area contributed by atoms with E-state index in [1.54, 1.807) is 0 Å². The smallest absolute Gasteiger partial charge is 0.361 e. The average molecular weight is 1410 g/mol. The number of carbonyl (C=O) groups excluding carboxylic acids is 2. The standard InChI is InChI=1S/C92H163NO8/c1-6-8-10-12-14-16-18-20-22-24-26-28-30-32-34-36-38-40-42-44-45-47-49-51-53-55-57-59-61-63-65-67-69-71-73-75-77-79-81-83-90(95)101-88(87-100-92(91(96)97)98-85-84-93(3,4)5)86-99-89(94)82-80-78-76-74-72-70-68-66-64-62-60-58-56-54-52-50-48-46-43-41-39-37-35-33-31-29-27-25-23-21-19-17-15-13-11-9-7-2/h8,10,14,16,20,22,26,28,32,34,38,40,44-45,49,51,55,57,88,92H,6-7,9,11-13,15,17-19,21,23-25,27,29-31,33,35-37,39,41-43,46-48,50,52-54,56,58-87H2,1-5H3/p+1/b10-8-,16-14-,22-20-,28-26-,34-32-,40-38-,45-44-,51-49-,57-55-. The lowest BCUT2D eigenvalue weighted by molar-refractivity contribution is -0.870. The van der Waals surface area contributed by atoms with Gasteiger partial charge in [0, 0.05) is 12.8 Å². The van der Waals surface area contributed by atoms with Crippen molar-refractivity contribution in [2.45, 2.75) is 411 Å². The quantitative estimate of drug-likeness (QED) is 0.0211. The Balaban J connectivity index is 4.00. The Morgan fingerprint density at radius 1 is 0.307 bits per heavy atom. The SMILES string of the molecule is CC/C=C\C/C=C\C/C=C\C/C=C\C/C=C\C/C=C\C/C=C\C/C=C\C/C=C\CCCCCCCCCCCCCC(=O)OC(COC(=O)CCCCCCCCCCCCCCCCCCCCCCCCCCCCCCCCCCCCCCC)COC(OCC[N+](C)(C)C)C(=O)O. The summed E-state index contributed by atoms with van der Waals surface area (Å²) in [5, 5.41) is 9.79. The van der Waals surface area contributed by atoms with E-state index in [4.69, 9.17) is 18.9 Å². The first kappa shape index (κ1) is 97.0. The molecule has 9 nitrogen and oxygen atoms in total. The molecule has 0 heterocycles. The van der Waals surface area contributed by atoms with Gasteiger partial charge in [0.15, 0.2) is 6.10 Å². The zero-order chi connectivity index (χ0) is 73.2. The fourth-order valence-electron chi connectivity index (χ4n) is 12.5. The van der Waals surface area contributed by atoms with E-state index in [0.717, 1.165) is 103 Å². The van der Waals surface area contributed by atoms with Gasteiger partial charge in [-0.05, 0) is 83.5 Å². The van der Waals surface area contributed by atoms with Crippen molar-refractivity contribution >= 4 is 17.9 Å². The van der Waals surface area contributed by atoms with Gasteiger partial charge < -0.3 is 28.5 Å². The third-order valence-corrected chi connectivity index (χ3v) is 19.0. The van der Waals surface area contributed by atoms with Crippen molar-refractivity contribution in [3.05, 3.63) is 109 Å². The molecule has 0 radical (unpaired) electrons. The molecule has 0 aliphatic rings. The average Bonchev–Trinajstić information content (AvgIpc) is 1.21. The molecule has 0 aliphatic heterocycles. The minimum Gasteiger partial charge on any atom is -0.477 e. The summed E-state index contributed by atoms with van der Waals surface area (Å²) in [5.74, 6) is -1.99. The van der Waals surface area contributed by atoms with Crippen LogP contribution in [0, 0.1) is 0 Å². The van der Waals surface area contributed by atoms with Gasteiger partial charge in [-0.3, -0.25) is 9.59 Å². The number of aliphatic carboxylic acids is 1. The zero-order valence-corrected chi connectivity index (χ0v) is 67.1. The maximum absolute atomic E-state index is 13.0. The fourth-order valence-corrected chi connectivity index (χ4v) is 12.5. The molecule has 2 atom stereocenters. The number of rotatable bonds is 80. The van der Waals surface area contributed by atoms with Gasteiger partial charge in [0.05, 0.1) is 34.4 Å². The van der Waals surface area contributed by atoms with E-state index < -0.39 is 24.3 Å². The van der Waals surface area contributed by atoms with E-state index in [0.29, 0.717) is 23.9 Å². The first-order valence-corrected chi connectivity index (χ1v) is 43.1. The molecule has 101 heavy (non-hydrogen) atoms. The van der Waals surface area contributed by atoms with E-state index in [1.807, 2.05) is 21.1 Å². The first-order chi connectivity index (χ1) is 49.6. The number of allylic oxidation sites excluding steroid dienone is 18. The molecule has 0 rings (SSSR count). The number of carbonyl (C=O) groups is 3. The predicted octanol–water partition coefficient (Wildman–Crippen LogP) is 28.0. The van der Waals surface area contributed by atoms with Crippen LogP contribution in [0.3, 0.4) is 0 Å². The minimum absolute atomic E-state index is 0.183. The van der Waals surface area contributed by atoms with Crippen molar-refractivity contribution in [3.63, 3.8) is 0 Å². The summed E-state index contributed by atoms with van der Waals surface area (Å²) in [4.78, 5) is 37.8. The lowest BCUT2D eigenvalue weighted by Crippen LogP contribution is -2.40. The van der Waals surface area contributed by atoms with Crippen molar-refractivity contribution in [1.29, 1.82) is 0 Å². The summed E-state index contributed by atoms with van der Waals surface area (Å²) < 4.78 is 23.1. The molecule has 0 aliphatic carbocycles. The molecule has 0 aromatic carbocycles. The van der Waals surface area contributed by atoms with Crippen LogP contribution in [0.1, 0.15) is 399 Å². The number of carboxylic acid groups (broad SMARTS) is 1. The van der Waals surface area contributed by atoms with Crippen LogP contribution in [0.15, 0.2) is 109 Å². The van der Waals surface area contributed by atoms with Gasteiger partial charge in [0.1, 0.15) is 13.2 Å². The summed E-state index contributed by atoms with van der Waals surface area (Å²) in [6.07, 6.45) is 113. The first-order valence-electron chi connectivity index (χ1n) is 43.1. The molecular formula is C92H164NO8+. The summed E-state index contributed by atoms with van der Waals surface area (Å²) >= 11 is 0. The van der Waals surface area contributed by atoms with Crippen molar-refractivity contribution in [2.75, 3.05) is 47.5 Å². The number of unbranched alkanes of at least 4 members (excludes halogenated alkanes) is 47. The topological polar surface area (TPSA) is 108 Å². The maximum atomic E-state index is 13.0. The van der Waals surface area contributed by atoms with Crippen LogP contribution < -0.4 is 0 Å². The lowest BCUT2D eigenvalue weighted by atomic mass is 10.0. The molecule has 0 aromatic rings. The summed E-state index contributed by atoms with van der Waals surface area (Å²) in [5.41, 5.74) is 0. The molecule has 0 amide bonds. The van der Waals surface area contributed by atoms with E-state index in [1.165, 1.54) is 263 Å². The number of likely N-dealkylation sites (N-methyl/N-ethyl adjacent to an activating group) is 1. The van der Waals surface area contributed by atoms with Gasteiger partial charge in [-0.2, -0.15) is 0 Å². The Bertz CT molecular complexity index is 2040. The van der Waals surface area contributed by atoms with Crippen molar-refractivity contribution in [2.24, 2.45) is 0 Å². The summed E-state index contributed by atoms with van der Waals surface area (Å²) in [7, 11) is 5.99. The van der Waals surface area contributed by atoms with Crippen molar-refractivity contribution < 1.29 is 42.9 Å². The van der Waals surface area contributed by atoms with E-state index >= 15 is 0 Å². The number of nitrogens with zero attached hydrogens (tertiary/aromatic N) is 1. The highest BCUT2D eigenvalue weighted by atomic mass is 16.7. The lowest BCUT2D eigenvalue weighted by Gasteiger charge is -2.25. The number of hydrogen-bond acceptors (Lipinski definition) is 7. The number of carboxylic acids is 1. The van der Waals surface area contributed by atoms with E-state index in [9.17, 15) is 19.5 Å². The molecule has 0 aromatic heterocycles. The molecule has 584 valence electrons. The van der Waals surface area contributed by atoms with Crippen LogP contribution in [0.5, 0.6) is 0 Å². The summed E-state index contributed by atoms with van der Waals surface area (Å²) in [6, 6.07) is 0. The van der Waals surface area contributed by atoms with Gasteiger partial charge in [-0.25, -0.2) is 4.79 Å². The Morgan fingerprint density at radius 2 is 0.564 bits per heavy atom. The molecule has 9 heteroatoms. The normalized spacial score (nSPS) is 13.2. The van der Waals surface area contributed by atoms with Crippen molar-refractivity contribution in [3.8, 4) is 0 Å². The molecule has 2 unspecified atom stereocenters. The van der Waals surface area contributed by atoms with E-state index in [2.05, 4.69) is 123 Å². The molecular weight excluding hydrogens is 1250 g/mol.